The Bertz CT molecular complexity index is 464. The van der Waals surface area contributed by atoms with Crippen LogP contribution < -0.4 is 5.32 Å². The molecule has 1 unspecified atom stereocenters. The molecule has 0 radical (unpaired) electrons. The molecule has 1 aromatic rings. The largest absolute Gasteiger partial charge is 0.468 e. The normalized spacial score (nSPS) is 18.1. The number of ether oxygens (including phenoxy) is 1. The van der Waals surface area contributed by atoms with E-state index >= 15 is 0 Å². The summed E-state index contributed by atoms with van der Waals surface area (Å²) in [4.78, 5) is 14.2. The van der Waals surface area contributed by atoms with E-state index in [1.807, 2.05) is 12.1 Å². The van der Waals surface area contributed by atoms with Crippen LogP contribution in [0.5, 0.6) is 0 Å². The maximum Gasteiger partial charge on any atom is 0.327 e. The second-order valence-corrected chi connectivity index (χ2v) is 5.70. The molecule has 1 atom stereocenters. The third-order valence-electron chi connectivity index (χ3n) is 3.19. The van der Waals surface area contributed by atoms with Gasteiger partial charge in [-0.15, -0.1) is 0 Å². The molecule has 4 nitrogen and oxygen atoms in total. The Kier molecular flexibility index (Phi) is 5.21. The molecular weight excluding hydrogens is 332 g/mol. The summed E-state index contributed by atoms with van der Waals surface area (Å²) in [7, 11) is 1.41. The Morgan fingerprint density at radius 2 is 2.16 bits per heavy atom. The SMILES string of the molecule is COC(=O)C(c1cc(Br)ccc1Cl)N1CCNCC1. The first-order valence-electron chi connectivity index (χ1n) is 6.11. The fourth-order valence-corrected chi connectivity index (χ4v) is 2.85. The van der Waals surface area contributed by atoms with Crippen molar-refractivity contribution in [2.75, 3.05) is 33.3 Å². The molecule has 0 saturated carbocycles. The highest BCUT2D eigenvalue weighted by Crippen LogP contribution is 2.31. The van der Waals surface area contributed by atoms with Gasteiger partial charge in [0.1, 0.15) is 6.04 Å². The number of carbonyl (C=O) groups is 1. The smallest absolute Gasteiger partial charge is 0.327 e. The number of rotatable bonds is 3. The molecule has 104 valence electrons. The minimum absolute atomic E-state index is 0.276. The van der Waals surface area contributed by atoms with Crippen molar-refractivity contribution in [1.29, 1.82) is 0 Å². The van der Waals surface area contributed by atoms with E-state index in [1.54, 1.807) is 6.07 Å². The molecule has 0 amide bonds. The van der Waals surface area contributed by atoms with E-state index in [1.165, 1.54) is 7.11 Å². The first-order chi connectivity index (χ1) is 9.13. The number of piperazine rings is 1. The summed E-state index contributed by atoms with van der Waals surface area (Å²) >= 11 is 9.66. The van der Waals surface area contributed by atoms with Crippen LogP contribution in [0.15, 0.2) is 22.7 Å². The Balaban J connectivity index is 2.36. The summed E-state index contributed by atoms with van der Waals surface area (Å²) in [5.74, 6) is -0.276. The van der Waals surface area contributed by atoms with Crippen LogP contribution in [0.2, 0.25) is 5.02 Å². The summed E-state index contributed by atoms with van der Waals surface area (Å²) in [5, 5.41) is 3.85. The van der Waals surface area contributed by atoms with Gasteiger partial charge in [-0.3, -0.25) is 4.90 Å². The van der Waals surface area contributed by atoms with Crippen LogP contribution in [0.4, 0.5) is 0 Å². The van der Waals surface area contributed by atoms with Crippen LogP contribution in [0.3, 0.4) is 0 Å². The predicted octanol–water partition coefficient (Wildman–Crippen LogP) is 2.22. The minimum Gasteiger partial charge on any atom is -0.468 e. The van der Waals surface area contributed by atoms with Gasteiger partial charge in [0, 0.05) is 41.2 Å². The second-order valence-electron chi connectivity index (χ2n) is 4.38. The van der Waals surface area contributed by atoms with Crippen LogP contribution >= 0.6 is 27.5 Å². The summed E-state index contributed by atoms with van der Waals surface area (Å²) in [6.45, 7) is 3.31. The van der Waals surface area contributed by atoms with E-state index in [9.17, 15) is 4.79 Å². The lowest BCUT2D eigenvalue weighted by molar-refractivity contribution is -0.147. The van der Waals surface area contributed by atoms with Crippen LogP contribution in [0.1, 0.15) is 11.6 Å². The maximum atomic E-state index is 12.1. The number of benzene rings is 1. The molecule has 1 aliphatic heterocycles. The minimum atomic E-state index is -0.447. The number of carbonyl (C=O) groups excluding carboxylic acids is 1. The van der Waals surface area contributed by atoms with Crippen LogP contribution in [-0.2, 0) is 9.53 Å². The molecule has 1 aromatic carbocycles. The summed E-state index contributed by atoms with van der Waals surface area (Å²) in [6.07, 6.45) is 0. The second kappa shape index (κ2) is 6.70. The Labute approximate surface area is 126 Å². The van der Waals surface area contributed by atoms with Crippen molar-refractivity contribution in [1.82, 2.24) is 10.2 Å². The lowest BCUT2D eigenvalue weighted by Gasteiger charge is -2.33. The number of nitrogens with one attached hydrogen (secondary N) is 1. The fourth-order valence-electron chi connectivity index (χ4n) is 2.25. The van der Waals surface area contributed by atoms with Crippen LogP contribution in [-0.4, -0.2) is 44.2 Å². The quantitative estimate of drug-likeness (QED) is 0.851. The van der Waals surface area contributed by atoms with Gasteiger partial charge in [0.15, 0.2) is 0 Å². The summed E-state index contributed by atoms with van der Waals surface area (Å²) < 4.78 is 5.84. The average molecular weight is 348 g/mol. The van der Waals surface area contributed by atoms with E-state index in [4.69, 9.17) is 16.3 Å². The van der Waals surface area contributed by atoms with Crippen molar-refractivity contribution in [2.24, 2.45) is 0 Å². The number of nitrogens with zero attached hydrogens (tertiary/aromatic N) is 1. The van der Waals surface area contributed by atoms with Gasteiger partial charge in [0.25, 0.3) is 0 Å². The number of halogens is 2. The highest BCUT2D eigenvalue weighted by Gasteiger charge is 2.31. The van der Waals surface area contributed by atoms with Gasteiger partial charge in [0.2, 0.25) is 0 Å². The number of hydrogen-bond acceptors (Lipinski definition) is 4. The standard InChI is InChI=1S/C13H16BrClN2O2/c1-19-13(18)12(17-6-4-16-5-7-17)10-8-9(14)2-3-11(10)15/h2-3,8,12,16H,4-7H2,1H3. The topological polar surface area (TPSA) is 41.6 Å². The fraction of sp³-hybridized carbons (Fsp3) is 0.462. The predicted molar refractivity (Wildman–Crippen MR) is 78.4 cm³/mol. The van der Waals surface area contributed by atoms with Crippen molar-refractivity contribution in [3.05, 3.63) is 33.3 Å². The zero-order chi connectivity index (χ0) is 13.8. The first-order valence-corrected chi connectivity index (χ1v) is 7.28. The zero-order valence-corrected chi connectivity index (χ0v) is 13.0. The van der Waals surface area contributed by atoms with E-state index < -0.39 is 6.04 Å². The van der Waals surface area contributed by atoms with Crippen molar-refractivity contribution in [2.45, 2.75) is 6.04 Å². The molecule has 19 heavy (non-hydrogen) atoms. The summed E-state index contributed by atoms with van der Waals surface area (Å²) in [5.41, 5.74) is 0.782. The van der Waals surface area contributed by atoms with Gasteiger partial charge in [-0.25, -0.2) is 4.79 Å². The van der Waals surface area contributed by atoms with Gasteiger partial charge in [-0.05, 0) is 18.2 Å². The van der Waals surface area contributed by atoms with E-state index in [0.717, 1.165) is 36.2 Å². The number of methoxy groups -OCH3 is 1. The van der Waals surface area contributed by atoms with Crippen molar-refractivity contribution in [3.8, 4) is 0 Å². The van der Waals surface area contributed by atoms with Crippen molar-refractivity contribution < 1.29 is 9.53 Å². The molecule has 1 heterocycles. The zero-order valence-electron chi connectivity index (χ0n) is 10.7. The molecule has 0 bridgehead atoms. The van der Waals surface area contributed by atoms with Gasteiger partial charge in [-0.1, -0.05) is 27.5 Å². The van der Waals surface area contributed by atoms with Crippen LogP contribution in [0.25, 0.3) is 0 Å². The molecule has 1 aliphatic rings. The first kappa shape index (κ1) is 14.8. The molecule has 2 rings (SSSR count). The van der Waals surface area contributed by atoms with Gasteiger partial charge in [0.05, 0.1) is 7.11 Å². The molecule has 1 fully saturated rings. The monoisotopic (exact) mass is 346 g/mol. The Morgan fingerprint density at radius 3 is 2.79 bits per heavy atom. The van der Waals surface area contributed by atoms with E-state index in [0.29, 0.717) is 5.02 Å². The average Bonchev–Trinajstić information content (AvgIpc) is 2.44. The highest BCUT2D eigenvalue weighted by molar-refractivity contribution is 9.10. The Morgan fingerprint density at radius 1 is 1.47 bits per heavy atom. The van der Waals surface area contributed by atoms with Crippen molar-refractivity contribution in [3.63, 3.8) is 0 Å². The molecule has 1 saturated heterocycles. The number of hydrogen-bond donors (Lipinski definition) is 1. The lowest BCUT2D eigenvalue weighted by Crippen LogP contribution is -2.47. The van der Waals surface area contributed by atoms with Gasteiger partial charge >= 0.3 is 5.97 Å². The molecule has 0 aliphatic carbocycles. The van der Waals surface area contributed by atoms with Crippen molar-refractivity contribution >= 4 is 33.5 Å². The van der Waals surface area contributed by atoms with Gasteiger partial charge in [-0.2, -0.15) is 0 Å². The molecule has 0 aromatic heterocycles. The third-order valence-corrected chi connectivity index (χ3v) is 4.03. The maximum absolute atomic E-state index is 12.1. The Hall–Kier alpha value is -0.620. The summed E-state index contributed by atoms with van der Waals surface area (Å²) in [6, 6.07) is 5.08. The van der Waals surface area contributed by atoms with E-state index in [-0.39, 0.29) is 5.97 Å². The van der Waals surface area contributed by atoms with Crippen LogP contribution in [0, 0.1) is 0 Å². The molecular formula is C13H16BrClN2O2. The lowest BCUT2D eigenvalue weighted by atomic mass is 10.0. The molecule has 1 N–H and O–H groups in total. The molecule has 6 heteroatoms. The van der Waals surface area contributed by atoms with E-state index in [2.05, 4.69) is 26.1 Å². The third kappa shape index (κ3) is 3.48. The highest BCUT2D eigenvalue weighted by atomic mass is 79.9. The molecule has 0 spiro atoms. The number of esters is 1. The van der Waals surface area contributed by atoms with Gasteiger partial charge < -0.3 is 10.1 Å².